The second-order valence-corrected chi connectivity index (χ2v) is 4.52. The van der Waals surface area contributed by atoms with E-state index < -0.39 is 0 Å². The van der Waals surface area contributed by atoms with Crippen molar-refractivity contribution in [1.82, 2.24) is 5.32 Å². The van der Waals surface area contributed by atoms with Crippen molar-refractivity contribution in [2.75, 3.05) is 18.0 Å². The van der Waals surface area contributed by atoms with Crippen LogP contribution in [0.2, 0.25) is 0 Å². The average Bonchev–Trinajstić information content (AvgIpc) is 2.76. The maximum Gasteiger partial charge on any atom is 0.227 e. The Morgan fingerprint density at radius 2 is 2.29 bits per heavy atom. The highest BCUT2D eigenvalue weighted by Crippen LogP contribution is 2.24. The van der Waals surface area contributed by atoms with Crippen LogP contribution in [-0.2, 0) is 4.79 Å². The fourth-order valence-electron chi connectivity index (χ4n) is 2.31. The van der Waals surface area contributed by atoms with E-state index in [1.165, 1.54) is 5.56 Å². The molecule has 0 aliphatic carbocycles. The minimum absolute atomic E-state index is 0.248. The molecule has 1 aliphatic rings. The molecule has 1 aliphatic heterocycles. The summed E-state index contributed by atoms with van der Waals surface area (Å²) in [5, 5.41) is 3.39. The van der Waals surface area contributed by atoms with E-state index in [0.717, 1.165) is 25.2 Å². The van der Waals surface area contributed by atoms with Gasteiger partial charge in [0.05, 0.1) is 0 Å². The lowest BCUT2D eigenvalue weighted by atomic mass is 10.1. The van der Waals surface area contributed by atoms with E-state index >= 15 is 0 Å². The first-order valence-corrected chi connectivity index (χ1v) is 6.36. The average molecular weight is 232 g/mol. The highest BCUT2D eigenvalue weighted by Gasteiger charge is 2.21. The second-order valence-electron chi connectivity index (χ2n) is 4.52. The number of nitrogens with zero attached hydrogens (tertiary/aromatic N) is 1. The van der Waals surface area contributed by atoms with Gasteiger partial charge in [0, 0.05) is 24.7 Å². The van der Waals surface area contributed by atoms with E-state index in [4.69, 9.17) is 0 Å². The molecule has 1 saturated heterocycles. The number of hydrogen-bond acceptors (Lipinski definition) is 2. The molecule has 0 saturated carbocycles. The Bertz CT molecular complexity index is 403. The van der Waals surface area contributed by atoms with E-state index in [9.17, 15) is 4.79 Å². The summed E-state index contributed by atoms with van der Waals surface area (Å²) in [6, 6.07) is 8.61. The number of benzene rings is 1. The predicted molar refractivity (Wildman–Crippen MR) is 70.1 cm³/mol. The van der Waals surface area contributed by atoms with E-state index in [2.05, 4.69) is 31.3 Å². The summed E-state index contributed by atoms with van der Waals surface area (Å²) in [5.41, 5.74) is 2.28. The summed E-state index contributed by atoms with van der Waals surface area (Å²) in [5.74, 6) is 0.248. The zero-order chi connectivity index (χ0) is 12.3. The van der Waals surface area contributed by atoms with Gasteiger partial charge in [-0.05, 0) is 37.6 Å². The first kappa shape index (κ1) is 12.1. The van der Waals surface area contributed by atoms with Crippen LogP contribution in [0, 0.1) is 0 Å². The molecule has 17 heavy (non-hydrogen) atoms. The number of anilines is 1. The van der Waals surface area contributed by atoms with Crippen molar-refractivity contribution in [3.63, 3.8) is 0 Å². The maximum atomic E-state index is 11.7. The van der Waals surface area contributed by atoms with Crippen LogP contribution in [0.4, 0.5) is 5.69 Å². The van der Waals surface area contributed by atoms with E-state index in [0.29, 0.717) is 12.5 Å². The molecular formula is C14H20N2O. The SMILES string of the molecule is CCNC(C)c1cccc(N2CCCC2=O)c1. The van der Waals surface area contributed by atoms with Gasteiger partial charge in [0.25, 0.3) is 0 Å². The molecule has 0 spiro atoms. The van der Waals surface area contributed by atoms with Gasteiger partial charge < -0.3 is 10.2 Å². The molecule has 92 valence electrons. The van der Waals surface area contributed by atoms with Crippen molar-refractivity contribution in [2.45, 2.75) is 32.7 Å². The Labute approximate surface area is 103 Å². The molecule has 3 nitrogen and oxygen atoms in total. The van der Waals surface area contributed by atoms with E-state index in [1.54, 1.807) is 0 Å². The fourth-order valence-corrected chi connectivity index (χ4v) is 2.31. The molecular weight excluding hydrogens is 212 g/mol. The smallest absolute Gasteiger partial charge is 0.227 e. The number of carbonyl (C=O) groups excluding carboxylic acids is 1. The zero-order valence-corrected chi connectivity index (χ0v) is 10.6. The molecule has 0 bridgehead atoms. The number of hydrogen-bond donors (Lipinski definition) is 1. The van der Waals surface area contributed by atoms with Crippen LogP contribution in [0.15, 0.2) is 24.3 Å². The Morgan fingerprint density at radius 1 is 1.47 bits per heavy atom. The van der Waals surface area contributed by atoms with Crippen LogP contribution in [0.3, 0.4) is 0 Å². The van der Waals surface area contributed by atoms with Gasteiger partial charge in [-0.1, -0.05) is 19.1 Å². The summed E-state index contributed by atoms with van der Waals surface area (Å²) in [7, 11) is 0. The lowest BCUT2D eigenvalue weighted by Gasteiger charge is -2.19. The minimum Gasteiger partial charge on any atom is -0.312 e. The van der Waals surface area contributed by atoms with E-state index in [1.807, 2.05) is 17.0 Å². The summed E-state index contributed by atoms with van der Waals surface area (Å²) < 4.78 is 0. The topological polar surface area (TPSA) is 32.3 Å². The second kappa shape index (κ2) is 5.32. The fraction of sp³-hybridized carbons (Fsp3) is 0.500. The molecule has 1 fully saturated rings. The third-order valence-corrected chi connectivity index (χ3v) is 3.27. The number of rotatable bonds is 4. The number of amides is 1. The molecule has 2 rings (SSSR count). The van der Waals surface area contributed by atoms with Gasteiger partial charge in [0.15, 0.2) is 0 Å². The van der Waals surface area contributed by atoms with Crippen molar-refractivity contribution in [1.29, 1.82) is 0 Å². The van der Waals surface area contributed by atoms with Crippen molar-refractivity contribution >= 4 is 11.6 Å². The summed E-state index contributed by atoms with van der Waals surface area (Å²) in [6.45, 7) is 6.06. The predicted octanol–water partition coefficient (Wildman–Crippen LogP) is 2.48. The third-order valence-electron chi connectivity index (χ3n) is 3.27. The number of carbonyl (C=O) groups is 1. The highest BCUT2D eigenvalue weighted by molar-refractivity contribution is 5.95. The summed E-state index contributed by atoms with van der Waals surface area (Å²) >= 11 is 0. The molecule has 0 radical (unpaired) electrons. The lowest BCUT2D eigenvalue weighted by Crippen LogP contribution is -2.24. The molecule has 1 amide bonds. The Hall–Kier alpha value is -1.35. The number of nitrogens with one attached hydrogen (secondary N) is 1. The lowest BCUT2D eigenvalue weighted by molar-refractivity contribution is -0.117. The van der Waals surface area contributed by atoms with Crippen LogP contribution in [0.5, 0.6) is 0 Å². The van der Waals surface area contributed by atoms with Crippen molar-refractivity contribution in [3.05, 3.63) is 29.8 Å². The highest BCUT2D eigenvalue weighted by atomic mass is 16.2. The third kappa shape index (κ3) is 2.67. The van der Waals surface area contributed by atoms with Gasteiger partial charge in [-0.15, -0.1) is 0 Å². The van der Waals surface area contributed by atoms with Crippen LogP contribution >= 0.6 is 0 Å². The summed E-state index contributed by atoms with van der Waals surface area (Å²) in [6.07, 6.45) is 1.67. The monoisotopic (exact) mass is 232 g/mol. The van der Waals surface area contributed by atoms with Crippen LogP contribution in [-0.4, -0.2) is 19.0 Å². The Morgan fingerprint density at radius 3 is 2.94 bits per heavy atom. The zero-order valence-electron chi connectivity index (χ0n) is 10.6. The van der Waals surface area contributed by atoms with Gasteiger partial charge in [-0.25, -0.2) is 0 Å². The Kier molecular flexibility index (Phi) is 3.79. The maximum absolute atomic E-state index is 11.7. The van der Waals surface area contributed by atoms with Gasteiger partial charge in [-0.3, -0.25) is 4.79 Å². The van der Waals surface area contributed by atoms with Crippen molar-refractivity contribution in [2.24, 2.45) is 0 Å². The van der Waals surface area contributed by atoms with Crippen LogP contribution < -0.4 is 10.2 Å². The molecule has 1 unspecified atom stereocenters. The van der Waals surface area contributed by atoms with Gasteiger partial charge >= 0.3 is 0 Å². The van der Waals surface area contributed by atoms with Crippen LogP contribution in [0.25, 0.3) is 0 Å². The van der Waals surface area contributed by atoms with E-state index in [-0.39, 0.29) is 5.91 Å². The largest absolute Gasteiger partial charge is 0.312 e. The van der Waals surface area contributed by atoms with Gasteiger partial charge in [0.1, 0.15) is 0 Å². The summed E-state index contributed by atoms with van der Waals surface area (Å²) in [4.78, 5) is 13.6. The standard InChI is InChI=1S/C14H20N2O/c1-3-15-11(2)12-6-4-7-13(10-12)16-9-5-8-14(16)17/h4,6-7,10-11,15H,3,5,8-9H2,1-2H3. The molecule has 3 heteroatoms. The molecule has 1 aromatic rings. The van der Waals surface area contributed by atoms with Gasteiger partial charge in [-0.2, -0.15) is 0 Å². The molecule has 1 aromatic carbocycles. The van der Waals surface area contributed by atoms with Crippen molar-refractivity contribution < 1.29 is 4.79 Å². The van der Waals surface area contributed by atoms with Crippen LogP contribution in [0.1, 0.15) is 38.3 Å². The molecule has 1 heterocycles. The first-order valence-electron chi connectivity index (χ1n) is 6.36. The molecule has 0 aromatic heterocycles. The Balaban J connectivity index is 2.19. The quantitative estimate of drug-likeness (QED) is 0.865. The normalized spacial score (nSPS) is 17.5. The van der Waals surface area contributed by atoms with Gasteiger partial charge in [0.2, 0.25) is 5.91 Å². The van der Waals surface area contributed by atoms with Crippen molar-refractivity contribution in [3.8, 4) is 0 Å². The molecule has 1 N–H and O–H groups in total. The minimum atomic E-state index is 0.248. The first-order chi connectivity index (χ1) is 8.22. The molecule has 1 atom stereocenters.